The molecule has 9 N–H and O–H groups in total. The van der Waals surface area contributed by atoms with Gasteiger partial charge < -0.3 is 9.47 Å². The molecule has 1 aromatic heterocycles. The number of nitrogens with two attached hydrogens (primary N) is 4. The van der Waals surface area contributed by atoms with Gasteiger partial charge in [-0.05, 0) is 78.9 Å². The molecule has 0 unspecified atom stereocenters. The number of aromatic nitrogens is 1. The van der Waals surface area contributed by atoms with Crippen LogP contribution in [0.15, 0.2) is 89.8 Å². The average Bonchev–Trinajstić information content (AvgIpc) is 2.86. The maximum Gasteiger partial charge on any atom is 0.270 e. The van der Waals surface area contributed by atoms with E-state index in [2.05, 4.69) is 9.71 Å². The van der Waals surface area contributed by atoms with Gasteiger partial charge in [0.15, 0.2) is 0 Å². The zero-order chi connectivity index (χ0) is 26.6. The molecule has 0 aliphatic heterocycles. The Hall–Kier alpha value is -4.97. The number of hydrogen-bond donors (Lipinski definition) is 5. The van der Waals surface area contributed by atoms with Crippen molar-refractivity contribution in [2.24, 2.45) is 11.5 Å². The number of ether oxygens (including phenoxy) is 2. The van der Waals surface area contributed by atoms with Gasteiger partial charge in [0.2, 0.25) is 11.8 Å². The molecule has 1 heterocycles. The van der Waals surface area contributed by atoms with Gasteiger partial charge in [0.05, 0.1) is 16.0 Å². The average molecular weight is 523 g/mol. The van der Waals surface area contributed by atoms with Gasteiger partial charge in [-0.15, -0.1) is 0 Å². The second kappa shape index (κ2) is 10.3. The molecule has 0 spiro atoms. The van der Waals surface area contributed by atoms with Crippen molar-refractivity contribution in [2.45, 2.75) is 4.90 Å². The fourth-order valence-corrected chi connectivity index (χ4v) is 4.17. The normalized spacial score (nSPS) is 10.9. The van der Waals surface area contributed by atoms with Gasteiger partial charge in [0, 0.05) is 6.07 Å². The van der Waals surface area contributed by atoms with E-state index in [1.807, 2.05) is 0 Å². The number of nitrogens with one attached hydrogen (secondary N) is 1. The largest absolute Gasteiger partial charge is 0.439 e. The fourth-order valence-electron chi connectivity index (χ4n) is 3.12. The third-order valence-electron chi connectivity index (χ3n) is 5.02. The summed E-state index contributed by atoms with van der Waals surface area (Å²) in [6.45, 7) is 0. The molecule has 0 atom stereocenters. The molecule has 0 bridgehead atoms. The van der Waals surface area contributed by atoms with E-state index >= 15 is 0 Å². The van der Waals surface area contributed by atoms with Crippen LogP contribution in [0.5, 0.6) is 23.3 Å². The molecular formula is C25H23FN6O4S+2. The third-order valence-corrected chi connectivity index (χ3v) is 6.40. The zero-order valence-electron chi connectivity index (χ0n) is 19.3. The van der Waals surface area contributed by atoms with Gasteiger partial charge in [-0.3, -0.25) is 27.0 Å². The first-order valence-electron chi connectivity index (χ1n) is 10.7. The molecule has 10 nitrogen and oxygen atoms in total. The highest BCUT2D eigenvalue weighted by Gasteiger charge is 2.19. The summed E-state index contributed by atoms with van der Waals surface area (Å²) in [7, 11) is -4.09. The Kier molecular flexibility index (Phi) is 7.02. The van der Waals surface area contributed by atoms with Gasteiger partial charge >= 0.3 is 0 Å². The van der Waals surface area contributed by atoms with Crippen molar-refractivity contribution < 1.29 is 33.1 Å². The van der Waals surface area contributed by atoms with Gasteiger partial charge in [0.25, 0.3) is 21.7 Å². The van der Waals surface area contributed by atoms with Crippen LogP contribution in [-0.4, -0.2) is 25.1 Å². The number of halogens is 1. The summed E-state index contributed by atoms with van der Waals surface area (Å²) in [4.78, 5) is 4.19. The summed E-state index contributed by atoms with van der Waals surface area (Å²) < 4.78 is 53.2. The predicted molar refractivity (Wildman–Crippen MR) is 135 cm³/mol. The molecular weight excluding hydrogens is 499 g/mol. The lowest BCUT2D eigenvalue weighted by Gasteiger charge is -2.14. The topological polar surface area (TPSA) is 181 Å². The predicted octanol–water partition coefficient (Wildman–Crippen LogP) is 0.535. The lowest BCUT2D eigenvalue weighted by molar-refractivity contribution is -0.115. The number of benzene rings is 3. The second-order valence-corrected chi connectivity index (χ2v) is 9.41. The minimum atomic E-state index is -4.09. The molecule has 0 aliphatic carbocycles. The summed E-state index contributed by atoms with van der Waals surface area (Å²) >= 11 is 0. The van der Waals surface area contributed by atoms with Crippen LogP contribution < -0.4 is 36.5 Å². The molecule has 0 fully saturated rings. The fraction of sp³-hybridized carbons (Fsp3) is 0. The Morgan fingerprint density at radius 1 is 0.757 bits per heavy atom. The SMILES string of the molecule is NC(=[NH2+])c1ccc(Oc2ccc(NS(=O)(=O)c3ccc(F)cc3)c(Oc3ccc(C(N)=[NH2+])cc3)n2)cc1. The monoisotopic (exact) mass is 522 g/mol. The minimum absolute atomic E-state index is 0.0199. The van der Waals surface area contributed by atoms with E-state index in [1.54, 1.807) is 48.5 Å². The van der Waals surface area contributed by atoms with Crippen LogP contribution in [0.4, 0.5) is 10.1 Å². The van der Waals surface area contributed by atoms with Gasteiger partial charge in [-0.2, -0.15) is 4.98 Å². The van der Waals surface area contributed by atoms with Gasteiger partial charge in [0.1, 0.15) is 23.0 Å². The van der Waals surface area contributed by atoms with Crippen LogP contribution in [0.2, 0.25) is 0 Å². The molecule has 12 heteroatoms. The van der Waals surface area contributed by atoms with Gasteiger partial charge in [-0.25, -0.2) is 12.8 Å². The summed E-state index contributed by atoms with van der Waals surface area (Å²) in [6.07, 6.45) is 0. The van der Waals surface area contributed by atoms with E-state index in [0.717, 1.165) is 24.3 Å². The number of amidine groups is 2. The zero-order valence-corrected chi connectivity index (χ0v) is 20.1. The van der Waals surface area contributed by atoms with Crippen molar-refractivity contribution in [1.29, 1.82) is 0 Å². The Bertz CT molecular complexity index is 1560. The van der Waals surface area contributed by atoms with Crippen LogP contribution in [0, 0.1) is 5.82 Å². The number of nitrogens with zero attached hydrogens (tertiary/aromatic N) is 1. The van der Waals surface area contributed by atoms with Crippen molar-refractivity contribution in [3.8, 4) is 23.3 Å². The molecule has 0 aliphatic rings. The third kappa shape index (κ3) is 6.18. The summed E-state index contributed by atoms with van der Waals surface area (Å²) in [5.74, 6) is 0.512. The molecule has 4 aromatic rings. The molecule has 0 saturated carbocycles. The van der Waals surface area contributed by atoms with Crippen molar-refractivity contribution in [3.05, 3.63) is 102 Å². The first kappa shape index (κ1) is 25.1. The smallest absolute Gasteiger partial charge is 0.270 e. The van der Waals surface area contributed by atoms with E-state index < -0.39 is 15.8 Å². The lowest BCUT2D eigenvalue weighted by Crippen LogP contribution is -2.46. The number of anilines is 1. The molecule has 4 rings (SSSR count). The van der Waals surface area contributed by atoms with Crippen LogP contribution in [-0.2, 0) is 10.0 Å². The second-order valence-electron chi connectivity index (χ2n) is 7.73. The maximum atomic E-state index is 13.3. The van der Waals surface area contributed by atoms with Crippen molar-refractivity contribution >= 4 is 27.4 Å². The van der Waals surface area contributed by atoms with E-state index in [-0.39, 0.29) is 34.0 Å². The molecule has 3 aromatic carbocycles. The highest BCUT2D eigenvalue weighted by atomic mass is 32.2. The standard InChI is InChI=1S/C25H21FN6O4S/c26-17-5-11-20(12-6-17)37(33,34)32-21-13-14-22(35-18-7-1-15(2-8-18)23(27)28)31-25(21)36-19-9-3-16(4-10-19)24(29)30/h1-14,32H,(H3,27,28)(H3,29,30)/p+2. The van der Waals surface area contributed by atoms with Crippen molar-refractivity contribution in [1.82, 2.24) is 4.98 Å². The van der Waals surface area contributed by atoms with Crippen molar-refractivity contribution in [3.63, 3.8) is 0 Å². The van der Waals surface area contributed by atoms with Crippen LogP contribution >= 0.6 is 0 Å². The molecule has 188 valence electrons. The first-order chi connectivity index (χ1) is 17.6. The summed E-state index contributed by atoms with van der Waals surface area (Å²) in [5.41, 5.74) is 12.4. The van der Waals surface area contributed by atoms with Gasteiger partial charge in [-0.1, -0.05) is 0 Å². The number of hydrogen-bond acceptors (Lipinski definition) is 5. The molecule has 0 radical (unpaired) electrons. The Morgan fingerprint density at radius 2 is 1.27 bits per heavy atom. The van der Waals surface area contributed by atoms with E-state index in [0.29, 0.717) is 22.6 Å². The lowest BCUT2D eigenvalue weighted by atomic mass is 10.2. The Balaban J connectivity index is 1.66. The number of sulfonamides is 1. The highest BCUT2D eigenvalue weighted by molar-refractivity contribution is 7.92. The molecule has 0 saturated heterocycles. The Labute approximate surface area is 211 Å². The number of rotatable bonds is 9. The molecule has 37 heavy (non-hydrogen) atoms. The summed E-state index contributed by atoms with van der Waals surface area (Å²) in [5, 5.41) is 11.2. The van der Waals surface area contributed by atoms with E-state index in [9.17, 15) is 12.8 Å². The minimum Gasteiger partial charge on any atom is -0.439 e. The first-order valence-corrected chi connectivity index (χ1v) is 12.2. The van der Waals surface area contributed by atoms with Crippen LogP contribution in [0.25, 0.3) is 0 Å². The van der Waals surface area contributed by atoms with Crippen molar-refractivity contribution in [2.75, 3.05) is 4.72 Å². The maximum absolute atomic E-state index is 13.3. The van der Waals surface area contributed by atoms with E-state index in [1.165, 1.54) is 12.1 Å². The van der Waals surface area contributed by atoms with E-state index in [4.69, 9.17) is 31.8 Å². The number of pyridine rings is 1. The quantitative estimate of drug-likeness (QED) is 0.157. The summed E-state index contributed by atoms with van der Waals surface area (Å²) in [6, 6.07) is 20.4. The van der Waals surface area contributed by atoms with Crippen LogP contribution in [0.3, 0.4) is 0 Å². The molecule has 0 amide bonds. The Morgan fingerprint density at radius 3 is 1.78 bits per heavy atom. The highest BCUT2D eigenvalue weighted by Crippen LogP contribution is 2.33. The van der Waals surface area contributed by atoms with Crippen LogP contribution in [0.1, 0.15) is 11.1 Å².